The lowest BCUT2D eigenvalue weighted by molar-refractivity contribution is -0.139. The lowest BCUT2D eigenvalue weighted by atomic mass is 9.72. The van der Waals surface area contributed by atoms with Gasteiger partial charge in [0.05, 0.1) is 12.8 Å². The minimum atomic E-state index is -1.47. The number of pyridine rings is 1. The maximum atomic E-state index is 14.7. The number of likely N-dealkylation sites (N-methyl/N-ethyl adjacent to an activating group) is 2. The van der Waals surface area contributed by atoms with Crippen LogP contribution in [-0.4, -0.2) is 56.3 Å². The lowest BCUT2D eigenvalue weighted by Gasteiger charge is -2.42. The van der Waals surface area contributed by atoms with Gasteiger partial charge in [0.1, 0.15) is 20.6 Å². The van der Waals surface area contributed by atoms with Crippen LogP contribution < -0.4 is 4.90 Å². The molecule has 0 radical (unpaired) electrons. The van der Waals surface area contributed by atoms with E-state index in [1.807, 2.05) is 24.1 Å². The number of carbonyl (C=O) groups is 2. The van der Waals surface area contributed by atoms with Gasteiger partial charge < -0.3 is 9.32 Å². The van der Waals surface area contributed by atoms with Crippen LogP contribution in [0.1, 0.15) is 22.9 Å². The molecule has 2 amide bonds. The second-order valence-electron chi connectivity index (χ2n) is 9.00. The largest absolute Gasteiger partial charge is 0.467 e. The van der Waals surface area contributed by atoms with Crippen LogP contribution in [-0.2, 0) is 21.7 Å². The fourth-order valence-electron chi connectivity index (χ4n) is 5.91. The Balaban J connectivity index is 1.62. The molecule has 0 aliphatic carbocycles. The summed E-state index contributed by atoms with van der Waals surface area (Å²) >= 11 is 6.95. The number of benzene rings is 1. The SMILES string of the molecule is CN1C(=O)[C@]2(c3cc(F)ccc31)N(C)C[C@H](c1ccccn1)[C@@]21SC(=S)N(Cc2ccco2)C1=O. The van der Waals surface area contributed by atoms with Gasteiger partial charge in [-0.3, -0.25) is 24.4 Å². The third-order valence-electron chi connectivity index (χ3n) is 7.35. The molecule has 2 fully saturated rings. The number of thiocarbonyl (C=S) groups is 1. The van der Waals surface area contributed by atoms with Gasteiger partial charge in [0.15, 0.2) is 5.54 Å². The van der Waals surface area contributed by atoms with E-state index in [1.54, 1.807) is 37.5 Å². The molecule has 6 rings (SSSR count). The van der Waals surface area contributed by atoms with E-state index in [4.69, 9.17) is 16.6 Å². The smallest absolute Gasteiger partial charge is 0.254 e. The number of halogens is 1. The Bertz CT molecular complexity index is 1370. The van der Waals surface area contributed by atoms with Gasteiger partial charge in [0.2, 0.25) is 5.91 Å². The van der Waals surface area contributed by atoms with E-state index in [9.17, 15) is 14.0 Å². The van der Waals surface area contributed by atoms with E-state index < -0.39 is 22.0 Å². The molecular weight excluding hydrogens is 487 g/mol. The van der Waals surface area contributed by atoms with Crippen molar-refractivity contribution >= 4 is 45.8 Å². The summed E-state index contributed by atoms with van der Waals surface area (Å²) in [7, 11) is 3.47. The minimum Gasteiger partial charge on any atom is -0.467 e. The van der Waals surface area contributed by atoms with Crippen molar-refractivity contribution in [3.8, 4) is 0 Å². The molecule has 2 saturated heterocycles. The van der Waals surface area contributed by atoms with Crippen molar-refractivity contribution in [2.45, 2.75) is 22.7 Å². The number of amides is 2. The van der Waals surface area contributed by atoms with Gasteiger partial charge in [0.25, 0.3) is 5.91 Å². The summed E-state index contributed by atoms with van der Waals surface area (Å²) in [5, 5.41) is 0. The fraction of sp³-hybridized carbons (Fsp3) is 0.280. The topological polar surface area (TPSA) is 69.9 Å². The highest BCUT2D eigenvalue weighted by molar-refractivity contribution is 8.25. The van der Waals surface area contributed by atoms with E-state index in [1.165, 1.54) is 40.0 Å². The molecule has 0 N–H and O–H groups in total. The highest BCUT2D eigenvalue weighted by Gasteiger charge is 2.78. The Labute approximate surface area is 210 Å². The molecule has 2 spiro atoms. The molecule has 1 aromatic carbocycles. The monoisotopic (exact) mass is 508 g/mol. The Morgan fingerprint density at radius 3 is 2.71 bits per heavy atom. The Hall–Kier alpha value is -3.08. The summed E-state index contributed by atoms with van der Waals surface area (Å²) in [6, 6.07) is 13.4. The van der Waals surface area contributed by atoms with E-state index in [0.29, 0.717) is 33.6 Å². The van der Waals surface area contributed by atoms with Crippen LogP contribution in [0.3, 0.4) is 0 Å². The van der Waals surface area contributed by atoms with Gasteiger partial charge >= 0.3 is 0 Å². The second kappa shape index (κ2) is 7.71. The molecule has 3 aliphatic rings. The number of aromatic nitrogens is 1. The summed E-state index contributed by atoms with van der Waals surface area (Å²) < 4.78 is 19.1. The van der Waals surface area contributed by atoms with Gasteiger partial charge in [-0.25, -0.2) is 4.39 Å². The number of likely N-dealkylation sites (tertiary alicyclic amines) is 1. The molecule has 2 aromatic heterocycles. The van der Waals surface area contributed by atoms with Crippen LogP contribution in [0, 0.1) is 5.82 Å². The molecule has 3 aromatic rings. The average Bonchev–Trinajstić information content (AvgIpc) is 3.57. The summed E-state index contributed by atoms with van der Waals surface area (Å²) in [6.45, 7) is 0.511. The number of rotatable bonds is 3. The summed E-state index contributed by atoms with van der Waals surface area (Å²) in [6.07, 6.45) is 3.21. The van der Waals surface area contributed by atoms with Crippen LogP contribution in [0.5, 0.6) is 0 Å². The van der Waals surface area contributed by atoms with Crippen LogP contribution in [0.25, 0.3) is 0 Å². The van der Waals surface area contributed by atoms with Crippen molar-refractivity contribution in [2.24, 2.45) is 0 Å². The van der Waals surface area contributed by atoms with Gasteiger partial charge in [-0.05, 0) is 49.5 Å². The zero-order chi connectivity index (χ0) is 24.5. The van der Waals surface area contributed by atoms with Crippen LogP contribution in [0.15, 0.2) is 65.4 Å². The van der Waals surface area contributed by atoms with Gasteiger partial charge in [-0.1, -0.05) is 30.0 Å². The first-order valence-electron chi connectivity index (χ1n) is 11.1. The number of thioether (sulfide) groups is 1. The highest BCUT2D eigenvalue weighted by atomic mass is 32.2. The molecule has 3 atom stereocenters. The van der Waals surface area contributed by atoms with Crippen molar-refractivity contribution in [3.63, 3.8) is 0 Å². The predicted molar refractivity (Wildman–Crippen MR) is 133 cm³/mol. The van der Waals surface area contributed by atoms with Crippen LogP contribution in [0.2, 0.25) is 0 Å². The van der Waals surface area contributed by atoms with Crippen molar-refractivity contribution in [1.29, 1.82) is 0 Å². The summed E-state index contributed by atoms with van der Waals surface area (Å²) in [4.78, 5) is 38.2. The first-order valence-corrected chi connectivity index (χ1v) is 12.3. The third-order valence-corrected chi connectivity index (χ3v) is 9.29. The number of hydrogen-bond donors (Lipinski definition) is 0. The van der Waals surface area contributed by atoms with Crippen molar-refractivity contribution in [1.82, 2.24) is 14.8 Å². The van der Waals surface area contributed by atoms with Crippen molar-refractivity contribution in [2.75, 3.05) is 25.5 Å². The van der Waals surface area contributed by atoms with E-state index in [2.05, 4.69) is 4.98 Å². The lowest BCUT2D eigenvalue weighted by Crippen LogP contribution is -2.62. The molecule has 7 nitrogen and oxygen atoms in total. The van der Waals surface area contributed by atoms with Gasteiger partial charge in [0, 0.05) is 42.7 Å². The maximum Gasteiger partial charge on any atom is 0.254 e. The standard InChI is InChI=1S/C25H21FN4O3S2/c1-28-14-18(19-7-3-4-10-27-19)25(22(32)30(23(34)35-25)13-16-6-5-11-33-16)24(28)17-12-15(26)8-9-20(17)29(2)21(24)31/h3-12,18H,13-14H2,1-2H3/t18-,24+,25+/m1/s1. The Morgan fingerprint density at radius 1 is 1.17 bits per heavy atom. The molecule has 0 unspecified atom stereocenters. The molecule has 35 heavy (non-hydrogen) atoms. The number of furan rings is 1. The first-order chi connectivity index (χ1) is 16.8. The maximum absolute atomic E-state index is 14.7. The van der Waals surface area contributed by atoms with E-state index in [0.717, 1.165) is 0 Å². The number of carbonyl (C=O) groups excluding carboxylic acids is 2. The Morgan fingerprint density at radius 2 is 2.00 bits per heavy atom. The Kier molecular flexibility index (Phi) is 4.93. The second-order valence-corrected chi connectivity index (χ2v) is 10.9. The molecule has 3 aliphatic heterocycles. The number of hydrogen-bond acceptors (Lipinski definition) is 7. The molecule has 5 heterocycles. The third kappa shape index (κ3) is 2.75. The van der Waals surface area contributed by atoms with Crippen molar-refractivity contribution in [3.05, 3.63) is 83.8 Å². The van der Waals surface area contributed by atoms with Crippen LogP contribution >= 0.6 is 24.0 Å². The van der Waals surface area contributed by atoms with E-state index >= 15 is 0 Å². The van der Waals surface area contributed by atoms with E-state index in [-0.39, 0.29) is 18.4 Å². The summed E-state index contributed by atoms with van der Waals surface area (Å²) in [5.41, 5.74) is 0.257. The molecule has 0 bridgehead atoms. The average molecular weight is 509 g/mol. The zero-order valence-corrected chi connectivity index (χ0v) is 20.6. The first kappa shape index (κ1) is 22.4. The normalized spacial score (nSPS) is 28.2. The minimum absolute atomic E-state index is 0.147. The molecule has 10 heteroatoms. The number of anilines is 1. The van der Waals surface area contributed by atoms with Crippen LogP contribution in [0.4, 0.5) is 10.1 Å². The molecule has 0 saturated carbocycles. The predicted octanol–water partition coefficient (Wildman–Crippen LogP) is 3.51. The fourth-order valence-corrected chi connectivity index (χ4v) is 8.02. The van der Waals surface area contributed by atoms with Gasteiger partial charge in [-0.15, -0.1) is 0 Å². The number of fused-ring (bicyclic) bond motifs is 3. The molecular formula is C25H21FN4O3S2. The van der Waals surface area contributed by atoms with Crippen molar-refractivity contribution < 1.29 is 18.4 Å². The summed E-state index contributed by atoms with van der Waals surface area (Å²) in [5.74, 6) is -0.960. The van der Waals surface area contributed by atoms with Gasteiger partial charge in [-0.2, -0.15) is 0 Å². The molecule has 178 valence electrons. The highest BCUT2D eigenvalue weighted by Crippen LogP contribution is 2.66. The zero-order valence-electron chi connectivity index (χ0n) is 19.0. The number of nitrogens with zero attached hydrogens (tertiary/aromatic N) is 4. The quantitative estimate of drug-likeness (QED) is 0.502.